The Hall–Kier alpha value is -0.120. The molecule has 0 amide bonds. The van der Waals surface area contributed by atoms with E-state index in [4.69, 9.17) is 10.5 Å². The van der Waals surface area contributed by atoms with Crippen molar-refractivity contribution in [2.45, 2.75) is 31.8 Å². The second-order valence-electron chi connectivity index (χ2n) is 3.87. The van der Waals surface area contributed by atoms with Crippen LogP contribution in [-0.2, 0) is 4.74 Å². The van der Waals surface area contributed by atoms with Gasteiger partial charge >= 0.3 is 0 Å². The highest BCUT2D eigenvalue weighted by atomic mass is 16.5. The smallest absolute Gasteiger partial charge is 0.0576 e. The van der Waals surface area contributed by atoms with Gasteiger partial charge in [0.1, 0.15) is 0 Å². The first kappa shape index (κ1) is 11.0. The molecule has 0 aromatic heterocycles. The molecule has 2 N–H and O–H groups in total. The lowest BCUT2D eigenvalue weighted by molar-refractivity contribution is 0.0998. The first-order valence-electron chi connectivity index (χ1n) is 5.33. The summed E-state index contributed by atoms with van der Waals surface area (Å²) in [5.41, 5.74) is 5.46. The van der Waals surface area contributed by atoms with Crippen LogP contribution in [0.3, 0.4) is 0 Å². The number of ether oxygens (including phenoxy) is 1. The third-order valence-corrected chi connectivity index (χ3v) is 2.60. The first-order chi connectivity index (χ1) is 6.33. The molecule has 1 unspecified atom stereocenters. The molecule has 1 saturated heterocycles. The van der Waals surface area contributed by atoms with Gasteiger partial charge in [0.05, 0.1) is 6.10 Å². The molecule has 1 atom stereocenters. The van der Waals surface area contributed by atoms with Crippen molar-refractivity contribution in [1.29, 1.82) is 0 Å². The summed E-state index contributed by atoms with van der Waals surface area (Å²) in [5, 5.41) is 0. The molecule has 1 aliphatic heterocycles. The number of rotatable bonds is 6. The number of hydrogen-bond acceptors (Lipinski definition) is 3. The molecule has 0 aromatic carbocycles. The maximum Gasteiger partial charge on any atom is 0.0576 e. The lowest BCUT2D eigenvalue weighted by atomic mass is 10.1. The third-order valence-electron chi connectivity index (χ3n) is 2.60. The molecule has 1 aliphatic rings. The molecule has 1 heterocycles. The number of likely N-dealkylation sites (N-methyl/N-ethyl adjacent to an activating group) is 1. The fraction of sp³-hybridized carbons (Fsp3) is 1.00. The minimum atomic E-state index is 0.547. The van der Waals surface area contributed by atoms with E-state index in [0.717, 1.165) is 26.2 Å². The van der Waals surface area contributed by atoms with Crippen LogP contribution in [0.25, 0.3) is 0 Å². The van der Waals surface area contributed by atoms with E-state index in [0.29, 0.717) is 6.10 Å². The van der Waals surface area contributed by atoms with Gasteiger partial charge in [-0.3, -0.25) is 0 Å². The minimum absolute atomic E-state index is 0.547. The van der Waals surface area contributed by atoms with Crippen molar-refractivity contribution in [2.75, 3.05) is 33.3 Å². The monoisotopic (exact) mass is 186 g/mol. The number of nitrogens with zero attached hydrogens (tertiary/aromatic N) is 1. The normalized spacial score (nSPS) is 22.8. The van der Waals surface area contributed by atoms with Crippen molar-refractivity contribution in [3.8, 4) is 0 Å². The lowest BCUT2D eigenvalue weighted by Gasteiger charge is -2.16. The van der Waals surface area contributed by atoms with E-state index in [1.165, 1.54) is 25.7 Å². The molecular weight excluding hydrogens is 164 g/mol. The van der Waals surface area contributed by atoms with Crippen molar-refractivity contribution >= 4 is 0 Å². The van der Waals surface area contributed by atoms with Crippen LogP contribution in [0.15, 0.2) is 0 Å². The molecule has 78 valence electrons. The summed E-state index contributed by atoms with van der Waals surface area (Å²) in [6.07, 6.45) is 5.52. The van der Waals surface area contributed by atoms with Crippen LogP contribution >= 0.6 is 0 Å². The Bertz CT molecular complexity index is 124. The van der Waals surface area contributed by atoms with Gasteiger partial charge in [0.25, 0.3) is 0 Å². The van der Waals surface area contributed by atoms with Gasteiger partial charge in [-0.2, -0.15) is 0 Å². The number of nitrogens with two attached hydrogens (primary N) is 1. The van der Waals surface area contributed by atoms with Gasteiger partial charge in [-0.05, 0) is 39.3 Å². The van der Waals surface area contributed by atoms with E-state index in [9.17, 15) is 0 Å². The second-order valence-corrected chi connectivity index (χ2v) is 3.87. The van der Waals surface area contributed by atoms with Gasteiger partial charge in [-0.1, -0.05) is 0 Å². The zero-order valence-corrected chi connectivity index (χ0v) is 8.67. The van der Waals surface area contributed by atoms with E-state index >= 15 is 0 Å². The SMILES string of the molecule is CN(CCN)CCCC1CCCO1. The van der Waals surface area contributed by atoms with E-state index < -0.39 is 0 Å². The van der Waals surface area contributed by atoms with E-state index in [2.05, 4.69) is 11.9 Å². The fourth-order valence-electron chi connectivity index (χ4n) is 1.79. The van der Waals surface area contributed by atoms with Crippen LogP contribution in [-0.4, -0.2) is 44.3 Å². The zero-order chi connectivity index (χ0) is 9.52. The van der Waals surface area contributed by atoms with E-state index in [-0.39, 0.29) is 0 Å². The predicted octanol–water partition coefficient (Wildman–Crippen LogP) is 0.836. The molecule has 13 heavy (non-hydrogen) atoms. The van der Waals surface area contributed by atoms with Crippen molar-refractivity contribution in [2.24, 2.45) is 5.73 Å². The summed E-state index contributed by atoms with van der Waals surface area (Å²) >= 11 is 0. The summed E-state index contributed by atoms with van der Waals surface area (Å²) in [5.74, 6) is 0. The fourth-order valence-corrected chi connectivity index (χ4v) is 1.79. The molecular formula is C10H22N2O. The first-order valence-corrected chi connectivity index (χ1v) is 5.33. The molecule has 3 nitrogen and oxygen atoms in total. The zero-order valence-electron chi connectivity index (χ0n) is 8.67. The quantitative estimate of drug-likeness (QED) is 0.668. The van der Waals surface area contributed by atoms with E-state index in [1.54, 1.807) is 0 Å². The third kappa shape index (κ3) is 4.60. The maximum atomic E-state index is 5.55. The molecule has 3 heteroatoms. The predicted molar refractivity (Wildman–Crippen MR) is 54.8 cm³/mol. The molecule has 1 fully saturated rings. The Morgan fingerprint density at radius 1 is 1.46 bits per heavy atom. The van der Waals surface area contributed by atoms with Crippen LogP contribution < -0.4 is 5.73 Å². The second kappa shape index (κ2) is 6.35. The number of hydrogen-bond donors (Lipinski definition) is 1. The van der Waals surface area contributed by atoms with Gasteiger partial charge in [0.2, 0.25) is 0 Å². The summed E-state index contributed by atoms with van der Waals surface area (Å²) in [6.45, 7) is 3.89. The van der Waals surface area contributed by atoms with Gasteiger partial charge < -0.3 is 15.4 Å². The van der Waals surface area contributed by atoms with Crippen molar-refractivity contribution in [3.63, 3.8) is 0 Å². The highest BCUT2D eigenvalue weighted by molar-refractivity contribution is 4.65. The van der Waals surface area contributed by atoms with Crippen molar-refractivity contribution < 1.29 is 4.74 Å². The lowest BCUT2D eigenvalue weighted by Crippen LogP contribution is -2.26. The Kier molecular flexibility index (Phi) is 5.35. The molecule has 0 bridgehead atoms. The minimum Gasteiger partial charge on any atom is -0.378 e. The van der Waals surface area contributed by atoms with Gasteiger partial charge in [-0.15, -0.1) is 0 Å². The summed E-state index contributed by atoms with van der Waals surface area (Å²) in [7, 11) is 2.13. The van der Waals surface area contributed by atoms with Crippen LogP contribution in [0.4, 0.5) is 0 Å². The Balaban J connectivity index is 1.93. The molecule has 1 rings (SSSR count). The van der Waals surface area contributed by atoms with Crippen LogP contribution in [0, 0.1) is 0 Å². The van der Waals surface area contributed by atoms with Crippen LogP contribution in [0.2, 0.25) is 0 Å². The summed E-state index contributed by atoms with van der Waals surface area (Å²) in [4.78, 5) is 2.29. The van der Waals surface area contributed by atoms with Crippen LogP contribution in [0.5, 0.6) is 0 Å². The molecule has 0 aliphatic carbocycles. The summed E-state index contributed by atoms with van der Waals surface area (Å²) in [6, 6.07) is 0. The topological polar surface area (TPSA) is 38.5 Å². The highest BCUT2D eigenvalue weighted by Crippen LogP contribution is 2.16. The molecule has 0 saturated carbocycles. The van der Waals surface area contributed by atoms with Gasteiger partial charge in [0.15, 0.2) is 0 Å². The Labute approximate surface area is 81.2 Å². The van der Waals surface area contributed by atoms with E-state index in [1.807, 2.05) is 0 Å². The van der Waals surface area contributed by atoms with Crippen molar-refractivity contribution in [3.05, 3.63) is 0 Å². The maximum absolute atomic E-state index is 5.55. The summed E-state index contributed by atoms with van der Waals surface area (Å²) < 4.78 is 5.55. The highest BCUT2D eigenvalue weighted by Gasteiger charge is 2.14. The standard InChI is InChI=1S/C10H22N2O/c1-12(8-6-11)7-2-4-10-5-3-9-13-10/h10H,2-9,11H2,1H3. The average Bonchev–Trinajstić information content (AvgIpc) is 2.57. The average molecular weight is 186 g/mol. The van der Waals surface area contributed by atoms with Gasteiger partial charge in [0, 0.05) is 19.7 Å². The largest absolute Gasteiger partial charge is 0.378 e. The van der Waals surface area contributed by atoms with Crippen LogP contribution in [0.1, 0.15) is 25.7 Å². The molecule has 0 radical (unpaired) electrons. The van der Waals surface area contributed by atoms with Crippen molar-refractivity contribution in [1.82, 2.24) is 4.90 Å². The van der Waals surface area contributed by atoms with Gasteiger partial charge in [-0.25, -0.2) is 0 Å². The Morgan fingerprint density at radius 2 is 2.31 bits per heavy atom. The molecule has 0 aromatic rings. The molecule has 0 spiro atoms. The Morgan fingerprint density at radius 3 is 2.92 bits per heavy atom.